The summed E-state index contributed by atoms with van der Waals surface area (Å²) in [5, 5.41) is 3.25. The first-order valence-corrected chi connectivity index (χ1v) is 11.2. The Morgan fingerprint density at radius 3 is 2.06 bits per heavy atom. The largest absolute Gasteiger partial charge is 0.466 e. The molecule has 1 aliphatic heterocycles. The minimum atomic E-state index is -0.845. The molecule has 1 aliphatic rings. The highest BCUT2D eigenvalue weighted by Gasteiger charge is 2.37. The second-order valence-electron chi connectivity index (χ2n) is 7.94. The third-order valence-corrected chi connectivity index (χ3v) is 5.60. The summed E-state index contributed by atoms with van der Waals surface area (Å²) < 4.78 is 10.8. The van der Waals surface area contributed by atoms with Crippen LogP contribution in [0.15, 0.2) is 108 Å². The molecule has 0 radical (unpaired) electrons. The number of rotatable bonds is 5. The normalized spacial score (nSPS) is 15.0. The van der Waals surface area contributed by atoms with Gasteiger partial charge in [-0.25, -0.2) is 9.59 Å². The summed E-state index contributed by atoms with van der Waals surface area (Å²) in [5.74, 6) is 4.32. The van der Waals surface area contributed by atoms with Crippen LogP contribution in [0.4, 0.5) is 0 Å². The van der Waals surface area contributed by atoms with E-state index in [9.17, 15) is 9.59 Å². The van der Waals surface area contributed by atoms with Gasteiger partial charge in [-0.3, -0.25) is 0 Å². The summed E-state index contributed by atoms with van der Waals surface area (Å²) >= 11 is 0. The Kier molecular flexibility index (Phi) is 7.44. The number of benzene rings is 3. The van der Waals surface area contributed by atoms with Gasteiger partial charge in [-0.05, 0) is 30.2 Å². The fourth-order valence-electron chi connectivity index (χ4n) is 3.88. The zero-order valence-electron chi connectivity index (χ0n) is 19.6. The number of dihydropyridines is 1. The maximum Gasteiger partial charge on any atom is 0.338 e. The van der Waals surface area contributed by atoms with Crippen molar-refractivity contribution in [2.45, 2.75) is 13.5 Å². The van der Waals surface area contributed by atoms with Crippen LogP contribution in [0.5, 0.6) is 0 Å². The third kappa shape index (κ3) is 5.51. The molecule has 5 nitrogen and oxygen atoms in total. The van der Waals surface area contributed by atoms with Crippen molar-refractivity contribution in [3.05, 3.63) is 125 Å². The first kappa shape index (κ1) is 23.6. The first-order chi connectivity index (χ1) is 17.1. The molecule has 5 heteroatoms. The number of carbonyl (C=O) groups is 2. The van der Waals surface area contributed by atoms with Crippen molar-refractivity contribution in [1.82, 2.24) is 5.32 Å². The monoisotopic (exact) mass is 463 g/mol. The highest BCUT2D eigenvalue weighted by Crippen LogP contribution is 2.35. The predicted octanol–water partition coefficient (Wildman–Crippen LogP) is 4.86. The fraction of sp³-hybridized carbons (Fsp3) is 0.133. The van der Waals surface area contributed by atoms with Crippen LogP contribution in [0.1, 0.15) is 23.6 Å². The van der Waals surface area contributed by atoms with Crippen molar-refractivity contribution in [2.75, 3.05) is 7.11 Å². The standard InChI is InChI=1S/C30H25NO4/c1-21-26(29(32)34-2)25(19-18-22-12-6-3-7-13-22)27(28(31-21)24-16-10-5-11-17-24)30(33)35-20-23-14-8-4-9-15-23/h3-17,25,31H,20H2,1-2H3. The maximum atomic E-state index is 13.6. The Labute approximate surface area is 205 Å². The van der Waals surface area contributed by atoms with Crippen molar-refractivity contribution in [2.24, 2.45) is 5.92 Å². The van der Waals surface area contributed by atoms with Crippen LogP contribution in [0, 0.1) is 17.8 Å². The van der Waals surface area contributed by atoms with Crippen LogP contribution in [-0.2, 0) is 25.7 Å². The minimum Gasteiger partial charge on any atom is -0.466 e. The molecule has 174 valence electrons. The predicted molar refractivity (Wildman–Crippen MR) is 134 cm³/mol. The van der Waals surface area contributed by atoms with Crippen molar-refractivity contribution in [3.63, 3.8) is 0 Å². The number of esters is 2. The molecule has 0 saturated carbocycles. The summed E-state index contributed by atoms with van der Waals surface area (Å²) in [4.78, 5) is 26.4. The molecule has 0 spiro atoms. The molecule has 3 aromatic rings. The molecule has 1 atom stereocenters. The smallest absolute Gasteiger partial charge is 0.338 e. The topological polar surface area (TPSA) is 64.6 Å². The van der Waals surface area contributed by atoms with E-state index in [2.05, 4.69) is 17.2 Å². The Morgan fingerprint density at radius 1 is 0.829 bits per heavy atom. The maximum absolute atomic E-state index is 13.6. The van der Waals surface area contributed by atoms with E-state index in [0.717, 1.165) is 16.7 Å². The first-order valence-electron chi connectivity index (χ1n) is 11.2. The summed E-state index contributed by atoms with van der Waals surface area (Å²) in [6.45, 7) is 1.87. The molecule has 3 aromatic carbocycles. The van der Waals surface area contributed by atoms with Crippen LogP contribution in [0.25, 0.3) is 5.70 Å². The number of carbonyl (C=O) groups excluding carboxylic acids is 2. The minimum absolute atomic E-state index is 0.0976. The number of methoxy groups -OCH3 is 1. The van der Waals surface area contributed by atoms with Gasteiger partial charge >= 0.3 is 11.9 Å². The van der Waals surface area contributed by atoms with E-state index < -0.39 is 17.9 Å². The van der Waals surface area contributed by atoms with Crippen LogP contribution in [-0.4, -0.2) is 19.0 Å². The number of allylic oxidation sites excluding steroid dienone is 1. The van der Waals surface area contributed by atoms with E-state index in [-0.39, 0.29) is 17.8 Å². The van der Waals surface area contributed by atoms with E-state index in [1.807, 2.05) is 91.0 Å². The van der Waals surface area contributed by atoms with Crippen molar-refractivity contribution in [1.29, 1.82) is 0 Å². The summed E-state index contributed by atoms with van der Waals surface area (Å²) in [5.41, 5.74) is 4.09. The van der Waals surface area contributed by atoms with Crippen LogP contribution >= 0.6 is 0 Å². The van der Waals surface area contributed by atoms with Gasteiger partial charge in [-0.2, -0.15) is 0 Å². The highest BCUT2D eigenvalue weighted by molar-refractivity contribution is 6.04. The Morgan fingerprint density at radius 2 is 1.43 bits per heavy atom. The highest BCUT2D eigenvalue weighted by atomic mass is 16.5. The molecule has 4 rings (SSSR count). The zero-order chi connectivity index (χ0) is 24.6. The molecular weight excluding hydrogens is 438 g/mol. The van der Waals surface area contributed by atoms with Gasteiger partial charge < -0.3 is 14.8 Å². The molecule has 1 heterocycles. The Hall–Kier alpha value is -4.56. The average molecular weight is 464 g/mol. The van der Waals surface area contributed by atoms with E-state index in [0.29, 0.717) is 11.4 Å². The quantitative estimate of drug-likeness (QED) is 0.433. The Balaban J connectivity index is 1.83. The SMILES string of the molecule is COC(=O)C1=C(C)NC(c2ccccc2)=C(C(=O)OCc2ccccc2)C1C#Cc1ccccc1. The second-order valence-corrected chi connectivity index (χ2v) is 7.94. The molecule has 0 aliphatic carbocycles. The summed E-state index contributed by atoms with van der Waals surface area (Å²) in [6.07, 6.45) is 0. The summed E-state index contributed by atoms with van der Waals surface area (Å²) in [7, 11) is 1.31. The van der Waals surface area contributed by atoms with Gasteiger partial charge in [-0.15, -0.1) is 0 Å². The number of ether oxygens (including phenoxy) is 2. The molecule has 0 aromatic heterocycles. The van der Waals surface area contributed by atoms with Crippen LogP contribution < -0.4 is 5.32 Å². The number of nitrogens with one attached hydrogen (secondary N) is 1. The van der Waals surface area contributed by atoms with E-state index in [1.165, 1.54) is 7.11 Å². The van der Waals surface area contributed by atoms with Gasteiger partial charge in [0.05, 0.1) is 29.9 Å². The molecule has 0 bridgehead atoms. The molecule has 1 unspecified atom stereocenters. The lowest BCUT2D eigenvalue weighted by Gasteiger charge is -2.28. The molecule has 0 amide bonds. The van der Waals surface area contributed by atoms with Gasteiger partial charge in [0, 0.05) is 11.3 Å². The second kappa shape index (κ2) is 11.0. The fourth-order valence-corrected chi connectivity index (χ4v) is 3.88. The Bertz CT molecular complexity index is 1330. The van der Waals surface area contributed by atoms with Gasteiger partial charge in [0.15, 0.2) is 0 Å². The third-order valence-electron chi connectivity index (χ3n) is 5.60. The molecular formula is C30H25NO4. The van der Waals surface area contributed by atoms with Gasteiger partial charge in [0.25, 0.3) is 0 Å². The zero-order valence-corrected chi connectivity index (χ0v) is 19.6. The van der Waals surface area contributed by atoms with E-state index >= 15 is 0 Å². The van der Waals surface area contributed by atoms with Gasteiger partial charge in [-0.1, -0.05) is 90.7 Å². The van der Waals surface area contributed by atoms with Gasteiger partial charge in [0.1, 0.15) is 6.61 Å². The van der Waals surface area contributed by atoms with Crippen molar-refractivity contribution in [3.8, 4) is 11.8 Å². The number of hydrogen-bond donors (Lipinski definition) is 1. The van der Waals surface area contributed by atoms with Crippen LogP contribution in [0.3, 0.4) is 0 Å². The van der Waals surface area contributed by atoms with E-state index in [4.69, 9.17) is 9.47 Å². The van der Waals surface area contributed by atoms with E-state index in [1.54, 1.807) is 6.92 Å². The lowest BCUT2D eigenvalue weighted by molar-refractivity contribution is -0.140. The lowest BCUT2D eigenvalue weighted by atomic mass is 9.84. The lowest BCUT2D eigenvalue weighted by Crippen LogP contribution is -2.33. The molecule has 0 saturated heterocycles. The van der Waals surface area contributed by atoms with Gasteiger partial charge in [0.2, 0.25) is 0 Å². The van der Waals surface area contributed by atoms with Crippen LogP contribution in [0.2, 0.25) is 0 Å². The molecule has 1 N–H and O–H groups in total. The number of hydrogen-bond acceptors (Lipinski definition) is 5. The molecule has 35 heavy (non-hydrogen) atoms. The van der Waals surface area contributed by atoms with Crippen molar-refractivity contribution < 1.29 is 19.1 Å². The average Bonchev–Trinajstić information content (AvgIpc) is 2.91. The molecule has 0 fully saturated rings. The summed E-state index contributed by atoms with van der Waals surface area (Å²) in [6, 6.07) is 28.3. The van der Waals surface area contributed by atoms with Crippen molar-refractivity contribution >= 4 is 17.6 Å².